The monoisotopic (exact) mass is 570 g/mol. The van der Waals surface area contributed by atoms with E-state index in [2.05, 4.69) is 51.1 Å². The number of carboxylic acids is 1. The van der Waals surface area contributed by atoms with Gasteiger partial charge in [-0.1, -0.05) is 101 Å². The van der Waals surface area contributed by atoms with Gasteiger partial charge in [-0.15, -0.1) is 0 Å². The van der Waals surface area contributed by atoms with E-state index in [1.807, 2.05) is 6.08 Å². The fourth-order valence-corrected chi connectivity index (χ4v) is 6.17. The Hall–Kier alpha value is -1.95. The Morgan fingerprint density at radius 1 is 0.976 bits per heavy atom. The van der Waals surface area contributed by atoms with E-state index in [-0.39, 0.29) is 13.0 Å². The number of allylic oxidation sites excluding steroid dienone is 2. The number of aliphatic carboxylic acids is 1. The molecule has 0 saturated heterocycles. The summed E-state index contributed by atoms with van der Waals surface area (Å²) in [6.45, 7) is 6.36. The Kier molecular flexibility index (Phi) is 17.2. The van der Waals surface area contributed by atoms with Gasteiger partial charge in [0.25, 0.3) is 0 Å². The van der Waals surface area contributed by atoms with E-state index in [1.165, 1.54) is 22.3 Å². The van der Waals surface area contributed by atoms with Crippen LogP contribution in [-0.2, 0) is 17.6 Å². The molecule has 2 rings (SSSR count). The molecule has 1 aliphatic carbocycles. The van der Waals surface area contributed by atoms with Gasteiger partial charge < -0.3 is 20.4 Å². The molecule has 0 radical (unpaired) electrons. The number of carboxylic acid groups (broad SMARTS) is 1. The van der Waals surface area contributed by atoms with Crippen LogP contribution in [0.2, 0.25) is 0 Å². The molecule has 1 aromatic rings. The zero-order valence-electron chi connectivity index (χ0n) is 26.1. The molecule has 5 nitrogen and oxygen atoms in total. The second-order valence-electron chi connectivity index (χ2n) is 12.8. The lowest BCUT2D eigenvalue weighted by Crippen LogP contribution is -2.17. The minimum atomic E-state index is -0.798. The van der Waals surface area contributed by atoms with E-state index in [0.717, 1.165) is 89.9 Å². The third-order valence-electron chi connectivity index (χ3n) is 8.81. The first-order chi connectivity index (χ1) is 19.7. The third kappa shape index (κ3) is 14.7. The van der Waals surface area contributed by atoms with Crippen LogP contribution in [0.15, 0.2) is 47.6 Å². The molecule has 0 aliphatic heterocycles. The van der Waals surface area contributed by atoms with Crippen LogP contribution >= 0.6 is 0 Å². The van der Waals surface area contributed by atoms with Gasteiger partial charge in [0.15, 0.2) is 0 Å². The highest BCUT2D eigenvalue weighted by atomic mass is 16.4. The summed E-state index contributed by atoms with van der Waals surface area (Å²) in [7, 11) is 0. The summed E-state index contributed by atoms with van der Waals surface area (Å²) in [6, 6.07) is 8.71. The number of rotatable bonds is 18. The summed E-state index contributed by atoms with van der Waals surface area (Å²) in [5.41, 5.74) is 5.13. The largest absolute Gasteiger partial charge is 0.481 e. The first-order valence-corrected chi connectivity index (χ1v) is 16.4. The van der Waals surface area contributed by atoms with Crippen molar-refractivity contribution in [3.63, 3.8) is 0 Å². The molecule has 0 aromatic heterocycles. The van der Waals surface area contributed by atoms with Gasteiger partial charge in [0, 0.05) is 6.42 Å². The molecule has 0 spiro atoms. The summed E-state index contributed by atoms with van der Waals surface area (Å²) >= 11 is 0. The highest BCUT2D eigenvalue weighted by molar-refractivity contribution is 5.66. The van der Waals surface area contributed by atoms with Crippen molar-refractivity contribution >= 4 is 5.97 Å². The van der Waals surface area contributed by atoms with E-state index in [9.17, 15) is 25.2 Å². The number of unbranched alkanes of at least 4 members (excludes halogenated alkanes) is 2. The van der Waals surface area contributed by atoms with E-state index >= 15 is 0 Å². The van der Waals surface area contributed by atoms with Crippen LogP contribution in [0.25, 0.3) is 0 Å². The zero-order chi connectivity index (χ0) is 30.0. The lowest BCUT2D eigenvalue weighted by Gasteiger charge is -2.26. The van der Waals surface area contributed by atoms with Crippen LogP contribution in [0.1, 0.15) is 122 Å². The van der Waals surface area contributed by atoms with Crippen molar-refractivity contribution in [1.82, 2.24) is 0 Å². The van der Waals surface area contributed by atoms with Crippen LogP contribution in [0.4, 0.5) is 0 Å². The molecule has 4 atom stereocenters. The standard InChI is InChI=1S/C36H58O5/c1-4-5-6-11-34(38)22-21-32-20-19-31-10-8-7-9-30(31)18-16-29(24-33(32)25-35(39)26-37)15-14-28(13-12-27(2)3)17-23-36(40)41/h7-10,21-22,27-29,34-35,37-39H,4-6,11-20,23-26H2,1-3H3,(H,40,41)/b22-21+,33-32-/t28-,29+,34-,35-/m0/s1. The Labute approximate surface area is 249 Å². The summed E-state index contributed by atoms with van der Waals surface area (Å²) in [4.78, 5) is 11.3. The van der Waals surface area contributed by atoms with Gasteiger partial charge in [0.2, 0.25) is 0 Å². The van der Waals surface area contributed by atoms with Crippen molar-refractivity contribution in [1.29, 1.82) is 0 Å². The van der Waals surface area contributed by atoms with E-state index in [4.69, 9.17) is 0 Å². The minimum absolute atomic E-state index is 0.226. The molecule has 4 N–H and O–H groups in total. The SMILES string of the molecule is CCCCC[C@H](O)/C=C/C1=C(\C[C@H](O)CO)C[C@H](CC[C@@H](CCC(=O)O)CCC(C)C)CCc2ccccc2CC1. The summed E-state index contributed by atoms with van der Waals surface area (Å²) < 4.78 is 0. The molecule has 0 unspecified atom stereocenters. The van der Waals surface area contributed by atoms with Gasteiger partial charge in [0.05, 0.1) is 18.8 Å². The number of carbonyl (C=O) groups is 1. The van der Waals surface area contributed by atoms with Gasteiger partial charge >= 0.3 is 5.97 Å². The first-order valence-electron chi connectivity index (χ1n) is 16.4. The molecule has 5 heteroatoms. The molecule has 0 amide bonds. The molecule has 0 heterocycles. The van der Waals surface area contributed by atoms with Gasteiger partial charge in [-0.3, -0.25) is 4.79 Å². The number of aliphatic hydroxyl groups is 3. The van der Waals surface area contributed by atoms with Gasteiger partial charge in [-0.25, -0.2) is 0 Å². The lowest BCUT2D eigenvalue weighted by atomic mass is 9.80. The fourth-order valence-electron chi connectivity index (χ4n) is 6.17. The zero-order valence-corrected chi connectivity index (χ0v) is 26.1. The molecular weight excluding hydrogens is 512 g/mol. The molecule has 1 aromatic carbocycles. The molecule has 41 heavy (non-hydrogen) atoms. The molecule has 0 bridgehead atoms. The predicted octanol–water partition coefficient (Wildman–Crippen LogP) is 7.81. The topological polar surface area (TPSA) is 98.0 Å². The van der Waals surface area contributed by atoms with Gasteiger partial charge in [0.1, 0.15) is 0 Å². The quantitative estimate of drug-likeness (QED) is 0.135. The Bertz CT molecular complexity index is 934. The van der Waals surface area contributed by atoms with Crippen molar-refractivity contribution in [2.24, 2.45) is 17.8 Å². The smallest absolute Gasteiger partial charge is 0.303 e. The fraction of sp³-hybridized carbons (Fsp3) is 0.694. The third-order valence-corrected chi connectivity index (χ3v) is 8.81. The van der Waals surface area contributed by atoms with Gasteiger partial charge in [-0.2, -0.15) is 0 Å². The van der Waals surface area contributed by atoms with Crippen LogP contribution in [0.3, 0.4) is 0 Å². The number of hydrogen-bond acceptors (Lipinski definition) is 4. The van der Waals surface area contributed by atoms with Crippen molar-refractivity contribution in [2.75, 3.05) is 6.61 Å². The molecule has 1 aliphatic rings. The summed E-state index contributed by atoms with van der Waals surface area (Å²) in [5, 5.41) is 40.2. The van der Waals surface area contributed by atoms with Crippen LogP contribution < -0.4 is 0 Å². The van der Waals surface area contributed by atoms with Crippen LogP contribution in [-0.4, -0.2) is 45.2 Å². The van der Waals surface area contributed by atoms with E-state index < -0.39 is 18.2 Å². The van der Waals surface area contributed by atoms with E-state index in [0.29, 0.717) is 24.2 Å². The van der Waals surface area contributed by atoms with Crippen molar-refractivity contribution < 1.29 is 25.2 Å². The average Bonchev–Trinajstić information content (AvgIpc) is 2.95. The maximum Gasteiger partial charge on any atom is 0.303 e. The highest BCUT2D eigenvalue weighted by Crippen LogP contribution is 2.34. The second kappa shape index (κ2) is 20.0. The summed E-state index contributed by atoms with van der Waals surface area (Å²) in [5.74, 6) is 0.704. The number of fused-ring (bicyclic) bond motifs is 1. The Morgan fingerprint density at radius 3 is 2.37 bits per heavy atom. The lowest BCUT2D eigenvalue weighted by molar-refractivity contribution is -0.137. The maximum atomic E-state index is 11.3. The van der Waals surface area contributed by atoms with Crippen molar-refractivity contribution in [3.8, 4) is 0 Å². The maximum absolute atomic E-state index is 11.3. The second-order valence-corrected chi connectivity index (χ2v) is 12.8. The predicted molar refractivity (Wildman–Crippen MR) is 169 cm³/mol. The normalized spacial score (nSPS) is 20.6. The molecule has 232 valence electrons. The Balaban J connectivity index is 2.35. The molecular formula is C36H58O5. The average molecular weight is 571 g/mol. The number of benzene rings is 1. The van der Waals surface area contributed by atoms with Crippen LogP contribution in [0.5, 0.6) is 0 Å². The first kappa shape index (κ1) is 35.2. The minimum Gasteiger partial charge on any atom is -0.481 e. The summed E-state index contributed by atoms with van der Waals surface area (Å²) in [6.07, 6.45) is 17.0. The van der Waals surface area contributed by atoms with Crippen molar-refractivity contribution in [2.45, 2.75) is 136 Å². The van der Waals surface area contributed by atoms with Gasteiger partial charge in [-0.05, 0) is 92.2 Å². The molecule has 0 fully saturated rings. The van der Waals surface area contributed by atoms with E-state index in [1.54, 1.807) is 0 Å². The molecule has 0 saturated carbocycles. The van der Waals surface area contributed by atoms with Crippen molar-refractivity contribution in [3.05, 3.63) is 58.7 Å². The van der Waals surface area contributed by atoms with Crippen LogP contribution in [0, 0.1) is 17.8 Å². The number of aryl methyl sites for hydroxylation is 2. The highest BCUT2D eigenvalue weighted by Gasteiger charge is 2.21. The number of hydrogen-bond donors (Lipinski definition) is 4. The number of aliphatic hydroxyl groups excluding tert-OH is 3. The Morgan fingerprint density at radius 2 is 1.71 bits per heavy atom.